The fraction of sp³-hybridized carbons (Fsp3) is 0.120. The van der Waals surface area contributed by atoms with Crippen LogP contribution in [-0.2, 0) is 25.6 Å². The first-order valence-electron chi connectivity index (χ1n) is 10.1. The van der Waals surface area contributed by atoms with Gasteiger partial charge in [-0.2, -0.15) is 0 Å². The van der Waals surface area contributed by atoms with Crippen molar-refractivity contribution >= 4 is 45.3 Å². The van der Waals surface area contributed by atoms with Crippen molar-refractivity contribution in [3.05, 3.63) is 88.6 Å². The Labute approximate surface area is 188 Å². The Morgan fingerprint density at radius 2 is 1.42 bits per heavy atom. The first kappa shape index (κ1) is 21.8. The quantitative estimate of drug-likeness (QED) is 0.362. The molecule has 0 fully saturated rings. The Morgan fingerprint density at radius 3 is 2.00 bits per heavy atom. The normalized spacial score (nSPS) is 10.7. The number of rotatable bonds is 6. The molecule has 0 bridgehead atoms. The summed E-state index contributed by atoms with van der Waals surface area (Å²) in [7, 11) is 1.28. The molecular formula is C25H20N2O6. The van der Waals surface area contributed by atoms with Gasteiger partial charge >= 0.3 is 11.9 Å². The van der Waals surface area contributed by atoms with E-state index in [1.54, 1.807) is 65.2 Å². The molecule has 0 aliphatic carbocycles. The van der Waals surface area contributed by atoms with Crippen molar-refractivity contribution in [3.8, 4) is 0 Å². The van der Waals surface area contributed by atoms with Gasteiger partial charge in [0.25, 0.3) is 5.91 Å². The van der Waals surface area contributed by atoms with Gasteiger partial charge in [0.2, 0.25) is 0 Å². The number of ether oxygens (including phenoxy) is 2. The molecule has 8 nitrogen and oxygen atoms in total. The standard InChI is InChI=1S/C25H20N2O6/c1-32-25(31)16-10-12-17(13-11-16)26-22(28)15-33-23(29)14-27-20-8-4-2-6-18(20)24(30)19-7-3-5-9-21(19)27/h2-13H,14-15H2,1H3,(H,26,28). The molecule has 8 heteroatoms. The third-order valence-corrected chi connectivity index (χ3v) is 5.12. The Balaban J connectivity index is 1.46. The fourth-order valence-corrected chi connectivity index (χ4v) is 3.57. The zero-order valence-corrected chi connectivity index (χ0v) is 17.7. The van der Waals surface area contributed by atoms with E-state index in [-0.39, 0.29) is 12.0 Å². The molecule has 0 spiro atoms. The number of carbonyl (C=O) groups is 3. The summed E-state index contributed by atoms with van der Waals surface area (Å²) in [5.41, 5.74) is 1.90. The van der Waals surface area contributed by atoms with E-state index in [4.69, 9.17) is 4.74 Å². The molecule has 1 heterocycles. The van der Waals surface area contributed by atoms with Crippen molar-refractivity contribution < 1.29 is 23.9 Å². The second kappa shape index (κ2) is 9.35. The number of anilines is 1. The molecule has 1 aromatic heterocycles. The van der Waals surface area contributed by atoms with Crippen LogP contribution in [0.25, 0.3) is 21.8 Å². The van der Waals surface area contributed by atoms with Crippen molar-refractivity contribution in [2.24, 2.45) is 0 Å². The Kier molecular flexibility index (Phi) is 6.17. The highest BCUT2D eigenvalue weighted by Crippen LogP contribution is 2.19. The lowest BCUT2D eigenvalue weighted by Gasteiger charge is -2.14. The molecule has 4 aromatic rings. The van der Waals surface area contributed by atoms with Crippen LogP contribution in [0.4, 0.5) is 5.69 Å². The number of hydrogen-bond donors (Lipinski definition) is 1. The van der Waals surface area contributed by atoms with E-state index >= 15 is 0 Å². The molecule has 0 aliphatic heterocycles. The van der Waals surface area contributed by atoms with Gasteiger partial charge in [0.05, 0.1) is 23.7 Å². The smallest absolute Gasteiger partial charge is 0.337 e. The minimum atomic E-state index is -0.620. The SMILES string of the molecule is COC(=O)c1ccc(NC(=O)COC(=O)Cn2c3ccccc3c(=O)c3ccccc32)cc1. The van der Waals surface area contributed by atoms with Crippen LogP contribution in [0.1, 0.15) is 10.4 Å². The zero-order chi connectivity index (χ0) is 23.4. The molecule has 1 amide bonds. The molecule has 166 valence electrons. The minimum Gasteiger partial charge on any atom is -0.465 e. The number of nitrogens with one attached hydrogen (secondary N) is 1. The van der Waals surface area contributed by atoms with Crippen molar-refractivity contribution in [3.63, 3.8) is 0 Å². The average Bonchev–Trinajstić information content (AvgIpc) is 2.85. The number of nitrogens with zero attached hydrogens (tertiary/aromatic N) is 1. The van der Waals surface area contributed by atoms with Crippen LogP contribution in [0.15, 0.2) is 77.6 Å². The summed E-state index contributed by atoms with van der Waals surface area (Å²) in [4.78, 5) is 49.0. The van der Waals surface area contributed by atoms with E-state index < -0.39 is 24.5 Å². The monoisotopic (exact) mass is 444 g/mol. The summed E-state index contributed by atoms with van der Waals surface area (Å²) in [6.07, 6.45) is 0. The van der Waals surface area contributed by atoms with Gasteiger partial charge in [-0.3, -0.25) is 14.4 Å². The van der Waals surface area contributed by atoms with Crippen molar-refractivity contribution in [1.29, 1.82) is 0 Å². The van der Waals surface area contributed by atoms with Crippen LogP contribution in [0.2, 0.25) is 0 Å². The van der Waals surface area contributed by atoms with Gasteiger partial charge in [0, 0.05) is 16.5 Å². The third kappa shape index (κ3) is 4.59. The second-order valence-electron chi connectivity index (χ2n) is 7.23. The molecule has 3 aromatic carbocycles. The highest BCUT2D eigenvalue weighted by molar-refractivity contribution is 5.96. The largest absolute Gasteiger partial charge is 0.465 e. The van der Waals surface area contributed by atoms with Gasteiger partial charge in [-0.1, -0.05) is 24.3 Å². The van der Waals surface area contributed by atoms with Crippen LogP contribution in [0.5, 0.6) is 0 Å². The molecule has 0 saturated heterocycles. The highest BCUT2D eigenvalue weighted by atomic mass is 16.5. The van der Waals surface area contributed by atoms with E-state index in [0.29, 0.717) is 33.1 Å². The lowest BCUT2D eigenvalue weighted by molar-refractivity contribution is -0.147. The van der Waals surface area contributed by atoms with E-state index in [9.17, 15) is 19.2 Å². The maximum Gasteiger partial charge on any atom is 0.337 e. The van der Waals surface area contributed by atoms with Gasteiger partial charge in [-0.25, -0.2) is 4.79 Å². The van der Waals surface area contributed by atoms with Crippen LogP contribution in [-0.4, -0.2) is 36.1 Å². The highest BCUT2D eigenvalue weighted by Gasteiger charge is 2.15. The lowest BCUT2D eigenvalue weighted by atomic mass is 10.1. The molecule has 1 N–H and O–H groups in total. The molecule has 0 radical (unpaired) electrons. The number of para-hydroxylation sites is 2. The zero-order valence-electron chi connectivity index (χ0n) is 17.7. The summed E-state index contributed by atoms with van der Waals surface area (Å²) in [5, 5.41) is 3.59. The van der Waals surface area contributed by atoms with Gasteiger partial charge in [-0.15, -0.1) is 0 Å². The van der Waals surface area contributed by atoms with Crippen LogP contribution < -0.4 is 10.7 Å². The molecule has 0 atom stereocenters. The number of amides is 1. The molecule has 33 heavy (non-hydrogen) atoms. The topological polar surface area (TPSA) is 104 Å². The molecule has 0 saturated carbocycles. The number of fused-ring (bicyclic) bond motifs is 2. The van der Waals surface area contributed by atoms with Gasteiger partial charge in [0.1, 0.15) is 6.54 Å². The maximum atomic E-state index is 12.8. The van der Waals surface area contributed by atoms with Gasteiger partial charge < -0.3 is 19.4 Å². The van der Waals surface area contributed by atoms with Crippen LogP contribution >= 0.6 is 0 Å². The van der Waals surface area contributed by atoms with Crippen LogP contribution in [0.3, 0.4) is 0 Å². The second-order valence-corrected chi connectivity index (χ2v) is 7.23. The van der Waals surface area contributed by atoms with E-state index in [1.807, 2.05) is 0 Å². The van der Waals surface area contributed by atoms with Crippen LogP contribution in [0, 0.1) is 0 Å². The summed E-state index contributed by atoms with van der Waals surface area (Å²) in [6, 6.07) is 20.2. The van der Waals surface area contributed by atoms with E-state index in [0.717, 1.165) is 0 Å². The fourth-order valence-electron chi connectivity index (χ4n) is 3.57. The molecule has 0 unspecified atom stereocenters. The predicted molar refractivity (Wildman–Crippen MR) is 123 cm³/mol. The Hall–Kier alpha value is -4.46. The maximum absolute atomic E-state index is 12.8. The third-order valence-electron chi connectivity index (χ3n) is 5.12. The van der Waals surface area contributed by atoms with Gasteiger partial charge in [-0.05, 0) is 48.5 Å². The Morgan fingerprint density at radius 1 is 0.848 bits per heavy atom. The molecular weight excluding hydrogens is 424 g/mol. The van der Waals surface area contributed by atoms with E-state index in [1.165, 1.54) is 19.2 Å². The summed E-state index contributed by atoms with van der Waals surface area (Å²) in [6.45, 7) is -0.643. The number of benzene rings is 3. The van der Waals surface area contributed by atoms with E-state index in [2.05, 4.69) is 10.1 Å². The summed E-state index contributed by atoms with van der Waals surface area (Å²) >= 11 is 0. The van der Waals surface area contributed by atoms with Crippen molar-refractivity contribution in [2.45, 2.75) is 6.54 Å². The first-order valence-corrected chi connectivity index (χ1v) is 10.1. The number of hydrogen-bond acceptors (Lipinski definition) is 6. The van der Waals surface area contributed by atoms with Gasteiger partial charge in [0.15, 0.2) is 12.0 Å². The Bertz CT molecular complexity index is 1360. The summed E-state index contributed by atoms with van der Waals surface area (Å²) in [5.74, 6) is -1.63. The number of carbonyl (C=O) groups excluding carboxylic acids is 3. The predicted octanol–water partition coefficient (Wildman–Crippen LogP) is 3.12. The summed E-state index contributed by atoms with van der Waals surface area (Å²) < 4.78 is 11.5. The average molecular weight is 444 g/mol. The number of aromatic nitrogens is 1. The lowest BCUT2D eigenvalue weighted by Crippen LogP contribution is -2.24. The first-order chi connectivity index (χ1) is 16.0. The molecule has 0 aliphatic rings. The molecule has 4 rings (SSSR count). The number of pyridine rings is 1. The van der Waals surface area contributed by atoms with Crippen molar-refractivity contribution in [2.75, 3.05) is 19.0 Å². The number of esters is 2. The number of methoxy groups -OCH3 is 1. The van der Waals surface area contributed by atoms with Crippen molar-refractivity contribution in [1.82, 2.24) is 4.57 Å². The minimum absolute atomic E-state index is 0.108.